The van der Waals surface area contributed by atoms with E-state index in [1.807, 2.05) is 48.5 Å². The molecule has 10 heteroatoms. The second-order valence-electron chi connectivity index (χ2n) is 8.11. The van der Waals surface area contributed by atoms with E-state index in [1.165, 1.54) is 12.1 Å². The summed E-state index contributed by atoms with van der Waals surface area (Å²) in [6.45, 7) is 0. The molecule has 2 aromatic heterocycles. The summed E-state index contributed by atoms with van der Waals surface area (Å²) in [6.07, 6.45) is 0.275. The highest BCUT2D eigenvalue weighted by Crippen LogP contribution is 2.37. The van der Waals surface area contributed by atoms with Crippen LogP contribution in [0.2, 0.25) is 0 Å². The average Bonchev–Trinajstić information content (AvgIpc) is 3.20. The van der Waals surface area contributed by atoms with Gasteiger partial charge in [0.1, 0.15) is 0 Å². The number of carbonyl (C=O) groups excluding carboxylic acids is 2. The Hall–Kier alpha value is -3.89. The van der Waals surface area contributed by atoms with Crippen LogP contribution in [0.1, 0.15) is 22.3 Å². The molecule has 0 aliphatic heterocycles. The quantitative estimate of drug-likeness (QED) is 0.137. The number of aromatic hydroxyl groups is 2. The molecule has 0 atom stereocenters. The van der Waals surface area contributed by atoms with Gasteiger partial charge < -0.3 is 19.8 Å². The first-order valence-corrected chi connectivity index (χ1v) is 12.7. The van der Waals surface area contributed by atoms with E-state index in [2.05, 4.69) is 36.8 Å². The summed E-state index contributed by atoms with van der Waals surface area (Å²) in [7, 11) is 0. The van der Waals surface area contributed by atoms with E-state index in [0.29, 0.717) is 53.2 Å². The van der Waals surface area contributed by atoms with Gasteiger partial charge in [0.05, 0.1) is 32.0 Å². The molecule has 0 radical (unpaired) electrons. The Labute approximate surface area is 227 Å². The van der Waals surface area contributed by atoms with Gasteiger partial charge in [0, 0.05) is 22.9 Å². The number of hydrogen-bond acceptors (Lipinski definition) is 7. The lowest BCUT2D eigenvalue weighted by atomic mass is 10.0. The first-order chi connectivity index (χ1) is 17.8. The Bertz CT molecular complexity index is 1580. The number of carbonyl (C=O) groups is 2. The predicted octanol–water partition coefficient (Wildman–Crippen LogP) is 5.93. The van der Waals surface area contributed by atoms with Gasteiger partial charge in [-0.05, 0) is 68.1 Å². The van der Waals surface area contributed by atoms with E-state index in [4.69, 9.17) is 9.57 Å². The minimum absolute atomic E-state index is 0.0237. The molecule has 2 N–H and O–H groups in total. The second kappa shape index (κ2) is 10.2. The van der Waals surface area contributed by atoms with Gasteiger partial charge in [-0.25, -0.2) is 14.6 Å². The number of aromatic nitrogens is 2. The summed E-state index contributed by atoms with van der Waals surface area (Å²) in [6, 6.07) is 20.7. The third-order valence-corrected chi connectivity index (χ3v) is 6.83. The van der Waals surface area contributed by atoms with Crippen molar-refractivity contribution in [2.75, 3.05) is 0 Å². The molecule has 0 amide bonds. The van der Waals surface area contributed by atoms with Crippen LogP contribution in [0.5, 0.6) is 17.5 Å². The van der Waals surface area contributed by atoms with Crippen LogP contribution < -0.4 is 9.57 Å². The monoisotopic (exact) mass is 624 g/mol. The number of pyridine rings is 1. The molecule has 0 fully saturated rings. The van der Waals surface area contributed by atoms with E-state index in [-0.39, 0.29) is 6.42 Å². The lowest BCUT2D eigenvalue weighted by Gasteiger charge is -2.14. The second-order valence-corrected chi connectivity index (χ2v) is 9.82. The predicted molar refractivity (Wildman–Crippen MR) is 144 cm³/mol. The largest absolute Gasteiger partial charge is 0.492 e. The van der Waals surface area contributed by atoms with Crippen LogP contribution in [0.15, 0.2) is 81.7 Å². The van der Waals surface area contributed by atoms with E-state index in [0.717, 1.165) is 5.56 Å². The first-order valence-electron chi connectivity index (χ1n) is 11.1. The van der Waals surface area contributed by atoms with Crippen LogP contribution in [0.4, 0.5) is 0 Å². The Morgan fingerprint density at radius 1 is 0.838 bits per heavy atom. The fraction of sp³-hybridized carbons (Fsp3) is 0.0741. The zero-order chi connectivity index (χ0) is 26.1. The minimum Gasteiger partial charge on any atom is -0.492 e. The van der Waals surface area contributed by atoms with E-state index >= 15 is 0 Å². The highest BCUT2D eigenvalue weighted by Gasteiger charge is 2.21. The normalized spacial score (nSPS) is 11.1. The number of benzene rings is 3. The topological polar surface area (TPSA) is 111 Å². The zero-order valence-corrected chi connectivity index (χ0v) is 22.2. The summed E-state index contributed by atoms with van der Waals surface area (Å²) in [5, 5.41) is 20.6. The number of aryl methyl sites for hydroxylation is 1. The third kappa shape index (κ3) is 5.03. The van der Waals surface area contributed by atoms with Crippen molar-refractivity contribution in [2.24, 2.45) is 0 Å². The maximum atomic E-state index is 13.5. The molecule has 0 saturated carbocycles. The number of para-hydroxylation sites is 2. The van der Waals surface area contributed by atoms with Crippen molar-refractivity contribution < 1.29 is 29.4 Å². The Kier molecular flexibility index (Phi) is 6.86. The fourth-order valence-corrected chi connectivity index (χ4v) is 5.39. The van der Waals surface area contributed by atoms with Crippen LogP contribution in [-0.2, 0) is 11.2 Å². The summed E-state index contributed by atoms with van der Waals surface area (Å²) >= 11 is 6.93. The molecule has 0 aliphatic rings. The van der Waals surface area contributed by atoms with Crippen molar-refractivity contribution in [3.8, 4) is 17.5 Å². The lowest BCUT2D eigenvalue weighted by Crippen LogP contribution is -2.19. The van der Waals surface area contributed by atoms with Gasteiger partial charge in [-0.3, -0.25) is 0 Å². The molecule has 2 heterocycles. The summed E-state index contributed by atoms with van der Waals surface area (Å²) in [4.78, 5) is 35.3. The molecule has 186 valence electrons. The van der Waals surface area contributed by atoms with Crippen LogP contribution in [0.3, 0.4) is 0 Å². The van der Waals surface area contributed by atoms with Crippen molar-refractivity contribution in [3.63, 3.8) is 0 Å². The van der Waals surface area contributed by atoms with Gasteiger partial charge in [0.15, 0.2) is 5.75 Å². The van der Waals surface area contributed by atoms with Crippen molar-refractivity contribution in [1.82, 2.24) is 9.71 Å². The lowest BCUT2D eigenvalue weighted by molar-refractivity contribution is -0.145. The molecule has 8 nitrogen and oxygen atoms in total. The van der Waals surface area contributed by atoms with Crippen molar-refractivity contribution in [3.05, 3.63) is 92.9 Å². The average molecular weight is 626 g/mol. The van der Waals surface area contributed by atoms with E-state index < -0.39 is 23.7 Å². The first kappa shape index (κ1) is 24.8. The van der Waals surface area contributed by atoms with E-state index in [1.54, 1.807) is 12.1 Å². The minimum atomic E-state index is -0.652. The standard InChI is InChI=1S/C27H18Br2N2O6/c28-18-13-15(9-12-24(34)37-31-22(32)10-11-23(31)33)14-19(29)26(18)36-27(35)25-16-5-1-3-7-20(16)30-21-8-4-2-6-17(21)25/h1-8,10-11,13-14,32-33H,9,12H2. The maximum absolute atomic E-state index is 13.5. The summed E-state index contributed by atoms with van der Waals surface area (Å²) in [5.74, 6) is -1.67. The van der Waals surface area contributed by atoms with Gasteiger partial charge in [-0.15, -0.1) is 4.73 Å². The van der Waals surface area contributed by atoms with E-state index in [9.17, 15) is 19.8 Å². The Morgan fingerprint density at radius 3 is 1.95 bits per heavy atom. The molecular weight excluding hydrogens is 608 g/mol. The van der Waals surface area contributed by atoms with Crippen molar-refractivity contribution >= 4 is 65.6 Å². The number of ether oxygens (including phenoxy) is 1. The molecule has 0 saturated heterocycles. The number of rotatable bonds is 6. The number of nitrogens with zero attached hydrogens (tertiary/aromatic N) is 2. The third-order valence-electron chi connectivity index (χ3n) is 5.65. The molecule has 5 aromatic rings. The van der Waals surface area contributed by atoms with Crippen LogP contribution in [-0.4, -0.2) is 31.9 Å². The molecule has 5 rings (SSSR count). The highest BCUT2D eigenvalue weighted by molar-refractivity contribution is 9.11. The summed E-state index contributed by atoms with van der Waals surface area (Å²) in [5.41, 5.74) is 2.56. The smallest absolute Gasteiger partial charge is 0.344 e. The molecule has 0 aliphatic carbocycles. The molecule has 0 unspecified atom stereocenters. The van der Waals surface area contributed by atoms with Gasteiger partial charge in [-0.2, -0.15) is 0 Å². The number of hydrogen-bond donors (Lipinski definition) is 2. The molecule has 0 bridgehead atoms. The van der Waals surface area contributed by atoms with Crippen LogP contribution in [0, 0.1) is 0 Å². The number of fused-ring (bicyclic) bond motifs is 2. The zero-order valence-electron chi connectivity index (χ0n) is 19.0. The number of esters is 1. The Morgan fingerprint density at radius 2 is 1.38 bits per heavy atom. The Balaban J connectivity index is 1.37. The van der Waals surface area contributed by atoms with Crippen LogP contribution >= 0.6 is 31.9 Å². The van der Waals surface area contributed by atoms with Crippen molar-refractivity contribution in [1.29, 1.82) is 0 Å². The molecule has 3 aromatic carbocycles. The SMILES string of the molecule is O=C(CCc1cc(Br)c(OC(=O)c2c3ccccc3nc3ccccc23)c(Br)c1)On1c(O)ccc1O. The maximum Gasteiger partial charge on any atom is 0.344 e. The van der Waals surface area contributed by atoms with Gasteiger partial charge in [0.25, 0.3) is 0 Å². The van der Waals surface area contributed by atoms with Gasteiger partial charge in [-0.1, -0.05) is 36.4 Å². The number of halogens is 2. The van der Waals surface area contributed by atoms with Gasteiger partial charge >= 0.3 is 11.9 Å². The van der Waals surface area contributed by atoms with Gasteiger partial charge in [0.2, 0.25) is 11.8 Å². The molecule has 0 spiro atoms. The molecular formula is C27H18Br2N2O6. The van der Waals surface area contributed by atoms with Crippen LogP contribution in [0.25, 0.3) is 21.8 Å². The molecule has 37 heavy (non-hydrogen) atoms. The van der Waals surface area contributed by atoms with Crippen molar-refractivity contribution in [2.45, 2.75) is 12.8 Å². The highest BCUT2D eigenvalue weighted by atomic mass is 79.9. The fourth-order valence-electron chi connectivity index (χ4n) is 3.95. The summed E-state index contributed by atoms with van der Waals surface area (Å²) < 4.78 is 7.52.